The number of fused-ring (bicyclic) bond motifs is 1. The summed E-state index contributed by atoms with van der Waals surface area (Å²) in [6.07, 6.45) is 0. The van der Waals surface area contributed by atoms with Crippen LogP contribution < -0.4 is 5.32 Å². The molecule has 0 atom stereocenters. The minimum absolute atomic E-state index is 0.170. The van der Waals surface area contributed by atoms with Crippen molar-refractivity contribution >= 4 is 26.7 Å². The van der Waals surface area contributed by atoms with Gasteiger partial charge < -0.3 is 10.1 Å². The van der Waals surface area contributed by atoms with E-state index in [0.717, 1.165) is 15.1 Å². The molecular formula is C16H20N2O4S. The van der Waals surface area contributed by atoms with Gasteiger partial charge in [0.2, 0.25) is 15.9 Å². The average Bonchev–Trinajstić information content (AvgIpc) is 2.54. The van der Waals surface area contributed by atoms with Crippen LogP contribution in [0.4, 0.5) is 0 Å². The number of rotatable bonds is 7. The van der Waals surface area contributed by atoms with Crippen molar-refractivity contribution in [2.24, 2.45) is 0 Å². The van der Waals surface area contributed by atoms with Gasteiger partial charge in [-0.05, 0) is 22.9 Å². The molecule has 0 bridgehead atoms. The Morgan fingerprint density at radius 1 is 1.17 bits per heavy atom. The molecule has 0 saturated heterocycles. The van der Waals surface area contributed by atoms with Crippen LogP contribution in [-0.2, 0) is 19.6 Å². The molecule has 23 heavy (non-hydrogen) atoms. The number of nitrogens with one attached hydrogen (secondary N) is 1. The highest BCUT2D eigenvalue weighted by molar-refractivity contribution is 7.89. The van der Waals surface area contributed by atoms with Crippen LogP contribution in [0.3, 0.4) is 0 Å². The Morgan fingerprint density at radius 3 is 2.57 bits per heavy atom. The highest BCUT2D eigenvalue weighted by Gasteiger charge is 2.23. The van der Waals surface area contributed by atoms with Crippen LogP contribution in [0, 0.1) is 0 Å². The van der Waals surface area contributed by atoms with Crippen molar-refractivity contribution in [3.8, 4) is 0 Å². The predicted octanol–water partition coefficient (Wildman–Crippen LogP) is 1.22. The maximum Gasteiger partial charge on any atom is 0.243 e. The molecule has 0 aliphatic rings. The van der Waals surface area contributed by atoms with E-state index in [2.05, 4.69) is 5.32 Å². The smallest absolute Gasteiger partial charge is 0.243 e. The van der Waals surface area contributed by atoms with E-state index in [1.165, 1.54) is 14.2 Å². The number of carbonyl (C=O) groups is 1. The van der Waals surface area contributed by atoms with Gasteiger partial charge in [0.25, 0.3) is 0 Å². The molecule has 7 heteroatoms. The Bertz CT molecular complexity index is 790. The molecule has 0 aliphatic heterocycles. The molecule has 0 unspecified atom stereocenters. The largest absolute Gasteiger partial charge is 0.383 e. The molecule has 1 amide bonds. The molecule has 2 aromatic rings. The number of amides is 1. The molecule has 0 fully saturated rings. The fraction of sp³-hybridized carbons (Fsp3) is 0.312. The summed E-state index contributed by atoms with van der Waals surface area (Å²) in [7, 11) is -0.795. The van der Waals surface area contributed by atoms with E-state index in [9.17, 15) is 13.2 Å². The molecule has 0 aromatic heterocycles. The summed E-state index contributed by atoms with van der Waals surface area (Å²) in [6, 6.07) is 12.4. The number of ether oxygens (including phenoxy) is 1. The van der Waals surface area contributed by atoms with E-state index < -0.39 is 10.0 Å². The van der Waals surface area contributed by atoms with Crippen molar-refractivity contribution in [3.05, 3.63) is 42.5 Å². The second-order valence-corrected chi connectivity index (χ2v) is 7.16. The number of methoxy groups -OCH3 is 1. The van der Waals surface area contributed by atoms with Gasteiger partial charge in [0, 0.05) is 20.7 Å². The maximum atomic E-state index is 12.6. The number of nitrogens with zero attached hydrogens (tertiary/aromatic N) is 1. The Hall–Kier alpha value is -1.96. The summed E-state index contributed by atoms with van der Waals surface area (Å²) in [5.74, 6) is -0.367. The van der Waals surface area contributed by atoms with Crippen molar-refractivity contribution in [3.63, 3.8) is 0 Å². The molecule has 0 spiro atoms. The summed E-state index contributed by atoms with van der Waals surface area (Å²) in [5, 5.41) is 4.40. The van der Waals surface area contributed by atoms with Crippen LogP contribution in [0.2, 0.25) is 0 Å². The van der Waals surface area contributed by atoms with E-state index >= 15 is 0 Å². The zero-order valence-electron chi connectivity index (χ0n) is 13.2. The van der Waals surface area contributed by atoms with E-state index in [0.29, 0.717) is 13.2 Å². The molecule has 2 aromatic carbocycles. The first-order valence-corrected chi connectivity index (χ1v) is 8.60. The molecule has 0 heterocycles. The highest BCUT2D eigenvalue weighted by Crippen LogP contribution is 2.21. The van der Waals surface area contributed by atoms with Crippen molar-refractivity contribution in [2.75, 3.05) is 33.9 Å². The summed E-state index contributed by atoms with van der Waals surface area (Å²) in [4.78, 5) is 11.9. The minimum Gasteiger partial charge on any atom is -0.383 e. The first-order chi connectivity index (χ1) is 10.9. The number of likely N-dealkylation sites (N-methyl/N-ethyl adjacent to an activating group) is 1. The van der Waals surface area contributed by atoms with Crippen molar-refractivity contribution in [2.45, 2.75) is 4.90 Å². The van der Waals surface area contributed by atoms with Gasteiger partial charge in [0.05, 0.1) is 18.0 Å². The minimum atomic E-state index is -3.71. The van der Waals surface area contributed by atoms with Crippen LogP contribution in [0.25, 0.3) is 10.8 Å². The quantitative estimate of drug-likeness (QED) is 0.772. The number of hydrogen-bond donors (Lipinski definition) is 1. The lowest BCUT2D eigenvalue weighted by Crippen LogP contribution is -2.39. The van der Waals surface area contributed by atoms with Crippen molar-refractivity contribution < 1.29 is 17.9 Å². The van der Waals surface area contributed by atoms with Crippen LogP contribution in [0.1, 0.15) is 0 Å². The summed E-state index contributed by atoms with van der Waals surface area (Å²) < 4.78 is 31.0. The van der Waals surface area contributed by atoms with E-state index in [-0.39, 0.29) is 17.3 Å². The SMILES string of the molecule is COCCNC(=O)CN(C)S(=O)(=O)c1ccc2ccccc2c1. The van der Waals surface area contributed by atoms with Gasteiger partial charge >= 0.3 is 0 Å². The zero-order valence-corrected chi connectivity index (χ0v) is 14.0. The lowest BCUT2D eigenvalue weighted by Gasteiger charge is -2.17. The van der Waals surface area contributed by atoms with E-state index in [1.54, 1.807) is 18.2 Å². The molecule has 2 rings (SSSR count). The topological polar surface area (TPSA) is 75.7 Å². The van der Waals surface area contributed by atoms with Crippen molar-refractivity contribution in [1.29, 1.82) is 0 Å². The molecule has 6 nitrogen and oxygen atoms in total. The summed E-state index contributed by atoms with van der Waals surface area (Å²) >= 11 is 0. The second-order valence-electron chi connectivity index (χ2n) is 5.11. The third kappa shape index (κ3) is 4.28. The van der Waals surface area contributed by atoms with Crippen molar-refractivity contribution in [1.82, 2.24) is 9.62 Å². The Morgan fingerprint density at radius 2 is 1.87 bits per heavy atom. The van der Waals surface area contributed by atoms with E-state index in [1.807, 2.05) is 24.3 Å². The lowest BCUT2D eigenvalue weighted by atomic mass is 10.1. The number of sulfonamides is 1. The van der Waals surface area contributed by atoms with Gasteiger partial charge in [-0.15, -0.1) is 0 Å². The number of benzene rings is 2. The normalized spacial score (nSPS) is 11.8. The fourth-order valence-corrected chi connectivity index (χ4v) is 3.31. The third-order valence-corrected chi connectivity index (χ3v) is 5.22. The number of hydrogen-bond acceptors (Lipinski definition) is 4. The van der Waals surface area contributed by atoms with Crippen LogP contribution in [0.5, 0.6) is 0 Å². The molecular weight excluding hydrogens is 316 g/mol. The van der Waals surface area contributed by atoms with Crippen LogP contribution >= 0.6 is 0 Å². The third-order valence-electron chi connectivity index (χ3n) is 3.42. The van der Waals surface area contributed by atoms with Gasteiger partial charge in [-0.25, -0.2) is 8.42 Å². The molecule has 0 saturated carbocycles. The van der Waals surface area contributed by atoms with Crippen LogP contribution in [-0.4, -0.2) is 52.5 Å². The number of carbonyl (C=O) groups excluding carboxylic acids is 1. The Labute approximate surface area is 136 Å². The molecule has 124 valence electrons. The molecule has 0 aliphatic carbocycles. The summed E-state index contributed by atoms with van der Waals surface area (Å²) in [6.45, 7) is 0.491. The van der Waals surface area contributed by atoms with Gasteiger partial charge in [-0.1, -0.05) is 30.3 Å². The monoisotopic (exact) mass is 336 g/mol. The average molecular weight is 336 g/mol. The Kier molecular flexibility index (Phi) is 5.70. The fourth-order valence-electron chi connectivity index (χ4n) is 2.14. The lowest BCUT2D eigenvalue weighted by molar-refractivity contribution is -0.121. The van der Waals surface area contributed by atoms with Gasteiger partial charge in [-0.2, -0.15) is 4.31 Å². The standard InChI is InChI=1S/C16H20N2O4S/c1-18(12-16(19)17-9-10-22-2)23(20,21)15-8-7-13-5-3-4-6-14(13)11-15/h3-8,11H,9-10,12H2,1-2H3,(H,17,19). The first kappa shape index (κ1) is 17.4. The first-order valence-electron chi connectivity index (χ1n) is 7.16. The van der Waals surface area contributed by atoms with Gasteiger partial charge in [-0.3, -0.25) is 4.79 Å². The maximum absolute atomic E-state index is 12.6. The second kappa shape index (κ2) is 7.54. The molecule has 0 radical (unpaired) electrons. The highest BCUT2D eigenvalue weighted by atomic mass is 32.2. The summed E-state index contributed by atoms with van der Waals surface area (Å²) in [5.41, 5.74) is 0. The zero-order chi connectivity index (χ0) is 16.9. The Balaban J connectivity index is 2.13. The van der Waals surface area contributed by atoms with Gasteiger partial charge in [0.15, 0.2) is 0 Å². The van der Waals surface area contributed by atoms with Crippen LogP contribution in [0.15, 0.2) is 47.4 Å². The van der Waals surface area contributed by atoms with E-state index in [4.69, 9.17) is 4.74 Å². The predicted molar refractivity (Wildman–Crippen MR) is 88.6 cm³/mol. The molecule has 1 N–H and O–H groups in total. The van der Waals surface area contributed by atoms with Gasteiger partial charge in [0.1, 0.15) is 0 Å².